The van der Waals surface area contributed by atoms with E-state index in [1.165, 1.54) is 12.1 Å². The van der Waals surface area contributed by atoms with Crippen LogP contribution in [0.4, 0.5) is 0 Å². The molecule has 150 valence electrons. The summed E-state index contributed by atoms with van der Waals surface area (Å²) in [5.41, 5.74) is 0.839. The Morgan fingerprint density at radius 1 is 1.03 bits per heavy atom. The van der Waals surface area contributed by atoms with Crippen LogP contribution in [0.25, 0.3) is 0 Å². The van der Waals surface area contributed by atoms with Crippen molar-refractivity contribution >= 4 is 15.9 Å². The van der Waals surface area contributed by atoms with Crippen LogP contribution in [0.2, 0.25) is 0 Å². The molecule has 1 aliphatic heterocycles. The van der Waals surface area contributed by atoms with Gasteiger partial charge in [0.25, 0.3) is 5.91 Å². The maximum absolute atomic E-state index is 12.3. The van der Waals surface area contributed by atoms with Crippen molar-refractivity contribution in [2.75, 3.05) is 6.54 Å². The summed E-state index contributed by atoms with van der Waals surface area (Å²) < 4.78 is 27.1. The van der Waals surface area contributed by atoms with E-state index in [1.54, 1.807) is 42.5 Å². The molecular weight excluding hydrogens is 388 g/mol. The zero-order valence-electron chi connectivity index (χ0n) is 15.8. The number of carbonyl (C=O) groups is 1. The molecule has 1 aliphatic rings. The van der Waals surface area contributed by atoms with Gasteiger partial charge in [0.15, 0.2) is 5.66 Å². The number of amides is 1. The first-order valence-electron chi connectivity index (χ1n) is 9.23. The number of hydrogen-bond acceptors (Lipinski definition) is 5. The van der Waals surface area contributed by atoms with E-state index >= 15 is 0 Å². The first-order chi connectivity index (χ1) is 13.9. The monoisotopic (exact) mass is 410 g/mol. The molecule has 2 aromatic carbocycles. The Kier molecular flexibility index (Phi) is 6.42. The number of carbonyl (C=O) groups excluding carboxylic acids is 1. The van der Waals surface area contributed by atoms with Gasteiger partial charge in [-0.15, -0.1) is 12.3 Å². The molecule has 0 aliphatic carbocycles. The predicted octanol–water partition coefficient (Wildman–Crippen LogP) is 2.86. The molecule has 0 spiro atoms. The van der Waals surface area contributed by atoms with Gasteiger partial charge in [-0.3, -0.25) is 4.79 Å². The van der Waals surface area contributed by atoms with Gasteiger partial charge in [-0.25, -0.2) is 13.1 Å². The number of benzene rings is 2. The molecule has 7 nitrogen and oxygen atoms in total. The van der Waals surface area contributed by atoms with Gasteiger partial charge in [0.05, 0.1) is 4.90 Å². The molecule has 1 heterocycles. The van der Waals surface area contributed by atoms with Crippen LogP contribution >= 0.6 is 0 Å². The van der Waals surface area contributed by atoms with Crippen LogP contribution in [0.15, 0.2) is 69.7 Å². The molecule has 0 bridgehead atoms. The highest BCUT2D eigenvalue weighted by Crippen LogP contribution is 2.36. The molecule has 0 saturated carbocycles. The highest BCUT2D eigenvalue weighted by molar-refractivity contribution is 7.89. The molecule has 0 fully saturated rings. The Labute approximate surface area is 170 Å². The van der Waals surface area contributed by atoms with E-state index in [-0.39, 0.29) is 17.3 Å². The summed E-state index contributed by atoms with van der Waals surface area (Å²) in [5, 5.41) is 10.9. The van der Waals surface area contributed by atoms with Crippen LogP contribution in [0.3, 0.4) is 0 Å². The third-order valence-electron chi connectivity index (χ3n) is 4.60. The Morgan fingerprint density at radius 2 is 1.72 bits per heavy atom. The molecule has 3 rings (SSSR count). The lowest BCUT2D eigenvalue weighted by Gasteiger charge is -2.10. The standard InChI is InChI=1S/C21H22N4O3S/c1-2-3-13-21(24-25-21)14-15-22-20(26)18-11-9-17(10-12-18)16-23-29(27,28)19-7-5-4-6-8-19/h1,4-12,23H,3,13-16H2,(H,22,26). The maximum Gasteiger partial charge on any atom is 0.251 e. The van der Waals surface area contributed by atoms with Gasteiger partial charge < -0.3 is 5.32 Å². The van der Waals surface area contributed by atoms with Crippen LogP contribution in [0, 0.1) is 12.3 Å². The van der Waals surface area contributed by atoms with E-state index in [1.807, 2.05) is 0 Å². The van der Waals surface area contributed by atoms with E-state index in [9.17, 15) is 13.2 Å². The number of nitrogens with zero attached hydrogens (tertiary/aromatic N) is 2. The van der Waals surface area contributed by atoms with Gasteiger partial charge in [-0.05, 0) is 29.8 Å². The van der Waals surface area contributed by atoms with Crippen LogP contribution in [0.1, 0.15) is 35.2 Å². The van der Waals surface area contributed by atoms with Gasteiger partial charge in [0, 0.05) is 37.9 Å². The van der Waals surface area contributed by atoms with E-state index in [2.05, 4.69) is 26.2 Å². The molecule has 2 aromatic rings. The Bertz CT molecular complexity index is 1020. The van der Waals surface area contributed by atoms with Crippen molar-refractivity contribution in [2.24, 2.45) is 10.2 Å². The van der Waals surface area contributed by atoms with E-state index in [0.29, 0.717) is 31.4 Å². The maximum atomic E-state index is 12.3. The normalized spacial score (nSPS) is 14.2. The van der Waals surface area contributed by atoms with Crippen molar-refractivity contribution in [3.63, 3.8) is 0 Å². The third kappa shape index (κ3) is 5.73. The van der Waals surface area contributed by atoms with Gasteiger partial charge in [0.2, 0.25) is 10.0 Å². The fraction of sp³-hybridized carbons (Fsp3) is 0.286. The Morgan fingerprint density at radius 3 is 2.34 bits per heavy atom. The summed E-state index contributed by atoms with van der Waals surface area (Å²) in [5.74, 6) is 2.37. The molecule has 2 N–H and O–H groups in total. The van der Waals surface area contributed by atoms with Gasteiger partial charge in [-0.2, -0.15) is 10.2 Å². The van der Waals surface area contributed by atoms with Gasteiger partial charge in [-0.1, -0.05) is 30.3 Å². The summed E-state index contributed by atoms with van der Waals surface area (Å²) in [6, 6.07) is 15.0. The third-order valence-corrected chi connectivity index (χ3v) is 6.02. The minimum atomic E-state index is -3.57. The molecule has 0 aromatic heterocycles. The number of hydrogen-bond donors (Lipinski definition) is 2. The average molecular weight is 410 g/mol. The molecule has 0 atom stereocenters. The largest absolute Gasteiger partial charge is 0.352 e. The van der Waals surface area contributed by atoms with Crippen LogP contribution in [-0.4, -0.2) is 26.5 Å². The second-order valence-electron chi connectivity index (χ2n) is 6.73. The number of terminal acetylenes is 1. The molecule has 1 amide bonds. The molecule has 29 heavy (non-hydrogen) atoms. The second kappa shape index (κ2) is 8.99. The summed E-state index contributed by atoms with van der Waals surface area (Å²) >= 11 is 0. The summed E-state index contributed by atoms with van der Waals surface area (Å²) in [4.78, 5) is 12.5. The molecule has 0 unspecified atom stereocenters. The SMILES string of the molecule is C#CCCC1(CCNC(=O)c2ccc(CNS(=O)(=O)c3ccccc3)cc2)N=N1. The lowest BCUT2D eigenvalue weighted by molar-refractivity contribution is 0.0952. The zero-order valence-corrected chi connectivity index (χ0v) is 16.7. The lowest BCUT2D eigenvalue weighted by atomic mass is 10.0. The summed E-state index contributed by atoms with van der Waals surface area (Å²) in [6.07, 6.45) is 7.20. The average Bonchev–Trinajstić information content (AvgIpc) is 3.52. The van der Waals surface area contributed by atoms with Crippen molar-refractivity contribution in [2.45, 2.75) is 36.4 Å². The fourth-order valence-electron chi connectivity index (χ4n) is 2.78. The summed E-state index contributed by atoms with van der Waals surface area (Å²) in [6.45, 7) is 0.592. The first kappa shape index (κ1) is 20.7. The van der Waals surface area contributed by atoms with Crippen LogP contribution in [0.5, 0.6) is 0 Å². The first-order valence-corrected chi connectivity index (χ1v) is 10.7. The Hall–Kier alpha value is -3.02. The van der Waals surface area contributed by atoms with Gasteiger partial charge >= 0.3 is 0 Å². The van der Waals surface area contributed by atoms with Crippen LogP contribution < -0.4 is 10.0 Å². The minimum absolute atomic E-state index is 0.139. The van der Waals surface area contributed by atoms with E-state index < -0.39 is 15.7 Å². The molecule has 0 saturated heterocycles. The smallest absolute Gasteiger partial charge is 0.251 e. The fourth-order valence-corrected chi connectivity index (χ4v) is 3.82. The summed E-state index contributed by atoms with van der Waals surface area (Å²) in [7, 11) is -3.57. The van der Waals surface area contributed by atoms with E-state index in [4.69, 9.17) is 6.42 Å². The highest BCUT2D eigenvalue weighted by atomic mass is 32.2. The van der Waals surface area contributed by atoms with Crippen LogP contribution in [-0.2, 0) is 16.6 Å². The number of sulfonamides is 1. The Balaban J connectivity index is 1.47. The van der Waals surface area contributed by atoms with Crippen molar-refractivity contribution in [3.05, 3.63) is 65.7 Å². The lowest BCUT2D eigenvalue weighted by Crippen LogP contribution is -2.28. The molecule has 8 heteroatoms. The van der Waals surface area contributed by atoms with Crippen molar-refractivity contribution in [1.82, 2.24) is 10.0 Å². The number of nitrogens with one attached hydrogen (secondary N) is 2. The van der Waals surface area contributed by atoms with Crippen molar-refractivity contribution in [3.8, 4) is 12.3 Å². The second-order valence-corrected chi connectivity index (χ2v) is 8.49. The zero-order chi connectivity index (χ0) is 20.7. The number of rotatable bonds is 10. The molecule has 0 radical (unpaired) electrons. The highest BCUT2D eigenvalue weighted by Gasteiger charge is 2.38. The van der Waals surface area contributed by atoms with Gasteiger partial charge in [0.1, 0.15) is 0 Å². The minimum Gasteiger partial charge on any atom is -0.352 e. The topological polar surface area (TPSA) is 100.0 Å². The van der Waals surface area contributed by atoms with Crippen molar-refractivity contribution < 1.29 is 13.2 Å². The van der Waals surface area contributed by atoms with E-state index in [0.717, 1.165) is 5.56 Å². The molecular formula is C21H22N4O3S. The predicted molar refractivity (Wildman–Crippen MR) is 110 cm³/mol. The quantitative estimate of drug-likeness (QED) is 0.589. The van der Waals surface area contributed by atoms with Crippen molar-refractivity contribution in [1.29, 1.82) is 0 Å².